The summed E-state index contributed by atoms with van der Waals surface area (Å²) in [6.07, 6.45) is 2.76. The SMILES string of the molecule is CC1(C)c2ccccc2N(c2ccc(/C=C3/C(=O)c4cc5sccc5cc4C3O)s2)c2ncccc21. The number of fused-ring (bicyclic) bond motifs is 4. The Labute approximate surface area is 216 Å². The van der Waals surface area contributed by atoms with Crippen LogP contribution in [0, 0.1) is 0 Å². The Morgan fingerprint density at radius 2 is 1.86 bits per heavy atom. The Morgan fingerprint density at radius 1 is 1.03 bits per heavy atom. The highest BCUT2D eigenvalue weighted by Crippen LogP contribution is 2.52. The number of carbonyl (C=O) groups excluding carboxylic acids is 1. The molecule has 4 heterocycles. The zero-order valence-corrected chi connectivity index (χ0v) is 21.4. The largest absolute Gasteiger partial charge is 0.383 e. The van der Waals surface area contributed by atoms with Crippen LogP contribution in [0.4, 0.5) is 16.5 Å². The van der Waals surface area contributed by atoms with Crippen molar-refractivity contribution < 1.29 is 9.90 Å². The van der Waals surface area contributed by atoms with E-state index in [0.717, 1.165) is 31.5 Å². The van der Waals surface area contributed by atoms with Gasteiger partial charge in [-0.2, -0.15) is 0 Å². The fraction of sp³-hybridized carbons (Fsp3) is 0.133. The van der Waals surface area contributed by atoms with Gasteiger partial charge in [-0.25, -0.2) is 4.98 Å². The smallest absolute Gasteiger partial charge is 0.192 e. The van der Waals surface area contributed by atoms with Gasteiger partial charge in [-0.05, 0) is 70.4 Å². The summed E-state index contributed by atoms with van der Waals surface area (Å²) >= 11 is 3.20. The lowest BCUT2D eigenvalue weighted by Crippen LogP contribution is -2.30. The fourth-order valence-electron chi connectivity index (χ4n) is 5.48. The maximum Gasteiger partial charge on any atom is 0.192 e. The molecule has 0 saturated heterocycles. The van der Waals surface area contributed by atoms with Crippen molar-refractivity contribution in [3.63, 3.8) is 0 Å². The lowest BCUT2D eigenvalue weighted by atomic mass is 9.75. The number of hydrogen-bond acceptors (Lipinski definition) is 6. The number of benzene rings is 2. The molecule has 0 spiro atoms. The lowest BCUT2D eigenvalue weighted by Gasteiger charge is -2.40. The highest BCUT2D eigenvalue weighted by atomic mass is 32.1. The third-order valence-electron chi connectivity index (χ3n) is 7.34. The quantitative estimate of drug-likeness (QED) is 0.248. The molecule has 4 nitrogen and oxygen atoms in total. The first kappa shape index (κ1) is 21.7. The molecular formula is C30H22N2O2S2. The van der Waals surface area contributed by atoms with E-state index >= 15 is 0 Å². The highest BCUT2D eigenvalue weighted by molar-refractivity contribution is 7.17. The number of rotatable bonds is 2. The number of Topliss-reactive ketones (excluding diaryl/α,β-unsaturated/α-hetero) is 1. The van der Waals surface area contributed by atoms with Crippen LogP contribution >= 0.6 is 22.7 Å². The molecule has 0 radical (unpaired) electrons. The summed E-state index contributed by atoms with van der Waals surface area (Å²) in [6.45, 7) is 4.48. The minimum absolute atomic E-state index is 0.0974. The van der Waals surface area contributed by atoms with Crippen molar-refractivity contribution >= 4 is 61.1 Å². The topological polar surface area (TPSA) is 53.4 Å². The average Bonchev–Trinajstić information content (AvgIpc) is 3.59. The maximum absolute atomic E-state index is 13.2. The number of aromatic nitrogens is 1. The summed E-state index contributed by atoms with van der Waals surface area (Å²) in [5.74, 6) is 0.825. The summed E-state index contributed by atoms with van der Waals surface area (Å²) in [5, 5.41) is 15.1. The summed E-state index contributed by atoms with van der Waals surface area (Å²) in [6, 6.07) is 22.6. The van der Waals surface area contributed by atoms with Crippen molar-refractivity contribution in [2.24, 2.45) is 0 Å². The standard InChI is InChI=1S/C30H22N2O2S2/c1-30(2)22-6-3-4-8-24(22)32(29-23(30)7-5-12-31-29)26-10-9-18(36-26)15-21-27(33)19-14-17-11-13-35-25(17)16-20(19)28(21)34/h3-16,27,33H,1-2H3/b21-15+. The van der Waals surface area contributed by atoms with Crippen LogP contribution in [0.1, 0.15) is 51.9 Å². The minimum Gasteiger partial charge on any atom is -0.383 e. The fourth-order valence-corrected chi connectivity index (χ4v) is 7.26. The first-order valence-electron chi connectivity index (χ1n) is 11.8. The molecule has 0 bridgehead atoms. The van der Waals surface area contributed by atoms with Gasteiger partial charge in [0.2, 0.25) is 0 Å². The van der Waals surface area contributed by atoms with E-state index in [4.69, 9.17) is 4.98 Å². The molecule has 0 fully saturated rings. The molecule has 1 aliphatic carbocycles. The molecule has 1 atom stereocenters. The highest BCUT2D eigenvalue weighted by Gasteiger charge is 2.38. The Hall–Kier alpha value is -3.58. The zero-order valence-electron chi connectivity index (χ0n) is 19.7. The first-order valence-corrected chi connectivity index (χ1v) is 13.5. The molecule has 6 heteroatoms. The Bertz CT molecular complexity index is 1680. The number of para-hydroxylation sites is 1. The molecule has 3 aromatic heterocycles. The van der Waals surface area contributed by atoms with Crippen molar-refractivity contribution in [2.45, 2.75) is 25.4 Å². The molecule has 2 aromatic carbocycles. The van der Waals surface area contributed by atoms with Crippen LogP contribution in [0.15, 0.2) is 83.9 Å². The predicted octanol–water partition coefficient (Wildman–Crippen LogP) is 7.78. The van der Waals surface area contributed by atoms with Crippen LogP contribution in [0.5, 0.6) is 0 Å². The van der Waals surface area contributed by atoms with E-state index < -0.39 is 6.10 Å². The van der Waals surface area contributed by atoms with Crippen molar-refractivity contribution in [1.82, 2.24) is 4.98 Å². The van der Waals surface area contributed by atoms with E-state index in [2.05, 4.69) is 55.1 Å². The number of nitrogens with zero attached hydrogens (tertiary/aromatic N) is 2. The van der Waals surface area contributed by atoms with Gasteiger partial charge in [-0.15, -0.1) is 22.7 Å². The van der Waals surface area contributed by atoms with Crippen LogP contribution in [0.3, 0.4) is 0 Å². The summed E-state index contributed by atoms with van der Waals surface area (Å²) in [7, 11) is 0. The van der Waals surface area contributed by atoms with Gasteiger partial charge in [0.15, 0.2) is 5.78 Å². The van der Waals surface area contributed by atoms with Gasteiger partial charge < -0.3 is 5.11 Å². The summed E-state index contributed by atoms with van der Waals surface area (Å²) < 4.78 is 1.06. The second kappa shape index (κ2) is 7.71. The predicted molar refractivity (Wildman–Crippen MR) is 148 cm³/mol. The molecule has 5 aromatic rings. The number of thiophene rings is 2. The first-order chi connectivity index (χ1) is 17.4. The number of carbonyl (C=O) groups is 1. The molecular weight excluding hydrogens is 484 g/mol. The van der Waals surface area contributed by atoms with E-state index in [0.29, 0.717) is 16.7 Å². The third-order valence-corrected chi connectivity index (χ3v) is 9.24. The van der Waals surface area contributed by atoms with Crippen LogP contribution in [-0.2, 0) is 5.41 Å². The van der Waals surface area contributed by atoms with Gasteiger partial charge in [0.1, 0.15) is 16.9 Å². The molecule has 0 saturated carbocycles. The van der Waals surface area contributed by atoms with E-state index in [-0.39, 0.29) is 11.2 Å². The maximum atomic E-state index is 13.2. The monoisotopic (exact) mass is 506 g/mol. The normalized spacial score (nSPS) is 19.0. The van der Waals surface area contributed by atoms with Gasteiger partial charge in [-0.1, -0.05) is 38.1 Å². The van der Waals surface area contributed by atoms with Crippen LogP contribution < -0.4 is 4.90 Å². The molecule has 1 unspecified atom stereocenters. The number of aliphatic hydroxyl groups is 1. The molecule has 36 heavy (non-hydrogen) atoms. The number of aliphatic hydroxyl groups excluding tert-OH is 1. The number of ketones is 1. The average molecular weight is 507 g/mol. The molecule has 1 N–H and O–H groups in total. The van der Waals surface area contributed by atoms with Crippen molar-refractivity contribution in [1.29, 1.82) is 0 Å². The number of anilines is 3. The van der Waals surface area contributed by atoms with Crippen molar-refractivity contribution in [2.75, 3.05) is 4.90 Å². The van der Waals surface area contributed by atoms with Crippen LogP contribution in [0.25, 0.3) is 16.2 Å². The summed E-state index contributed by atoms with van der Waals surface area (Å²) in [5.41, 5.74) is 5.09. The Balaban J connectivity index is 1.31. The molecule has 1 aliphatic heterocycles. The Kier molecular flexibility index (Phi) is 4.64. The van der Waals surface area contributed by atoms with Gasteiger partial charge in [0.25, 0.3) is 0 Å². The number of pyridine rings is 1. The summed E-state index contributed by atoms with van der Waals surface area (Å²) in [4.78, 5) is 21.2. The minimum atomic E-state index is -0.916. The van der Waals surface area contributed by atoms with E-state index in [1.165, 1.54) is 11.1 Å². The zero-order chi connectivity index (χ0) is 24.6. The van der Waals surface area contributed by atoms with Gasteiger partial charge in [0, 0.05) is 37.9 Å². The Morgan fingerprint density at radius 3 is 2.75 bits per heavy atom. The number of hydrogen-bond donors (Lipinski definition) is 1. The van der Waals surface area contributed by atoms with Gasteiger partial charge in [0.05, 0.1) is 5.69 Å². The van der Waals surface area contributed by atoms with Crippen LogP contribution in [0.2, 0.25) is 0 Å². The molecule has 7 rings (SSSR count). The van der Waals surface area contributed by atoms with E-state index in [1.54, 1.807) is 22.7 Å². The second-order valence-corrected chi connectivity index (χ2v) is 11.8. The van der Waals surface area contributed by atoms with Gasteiger partial charge >= 0.3 is 0 Å². The lowest BCUT2D eigenvalue weighted by molar-refractivity contribution is 0.102. The molecule has 2 aliphatic rings. The van der Waals surface area contributed by atoms with Crippen molar-refractivity contribution in [3.05, 3.63) is 111 Å². The van der Waals surface area contributed by atoms with Crippen LogP contribution in [-0.4, -0.2) is 15.9 Å². The molecule has 0 amide bonds. The van der Waals surface area contributed by atoms with Crippen molar-refractivity contribution in [3.8, 4) is 0 Å². The van der Waals surface area contributed by atoms with E-state index in [9.17, 15) is 9.90 Å². The molecule has 176 valence electrons. The van der Waals surface area contributed by atoms with E-state index in [1.807, 2.05) is 48.0 Å². The second-order valence-electron chi connectivity index (χ2n) is 9.76. The van der Waals surface area contributed by atoms with Gasteiger partial charge in [-0.3, -0.25) is 9.69 Å². The third kappa shape index (κ3) is 3.02.